The number of hydrogen-bond donors (Lipinski definition) is 1. The normalized spacial score (nSPS) is 13.7. The zero-order chi connectivity index (χ0) is 14.3. The molecule has 2 atom stereocenters. The van der Waals surface area contributed by atoms with Crippen molar-refractivity contribution in [2.45, 2.75) is 19.1 Å². The Hall–Kier alpha value is -0.860. The molecule has 0 radical (unpaired) electrons. The van der Waals surface area contributed by atoms with Crippen LogP contribution in [0.5, 0.6) is 0 Å². The van der Waals surface area contributed by atoms with E-state index >= 15 is 0 Å². The Balaban J connectivity index is 2.88. The summed E-state index contributed by atoms with van der Waals surface area (Å²) in [6, 6.07) is 7.80. The highest BCUT2D eigenvalue weighted by Gasteiger charge is 2.25. The van der Waals surface area contributed by atoms with Gasteiger partial charge in [0.1, 0.15) is 19.0 Å². The molecule has 1 aromatic rings. The number of amides is 1. The van der Waals surface area contributed by atoms with Gasteiger partial charge in [-0.15, -0.1) is 0 Å². The van der Waals surface area contributed by atoms with Crippen LogP contribution in [-0.4, -0.2) is 33.1 Å². The van der Waals surface area contributed by atoms with Gasteiger partial charge in [-0.3, -0.25) is 0 Å². The third-order valence-electron chi connectivity index (χ3n) is 2.50. The first-order chi connectivity index (χ1) is 9.10. The van der Waals surface area contributed by atoms with Crippen molar-refractivity contribution in [3.05, 3.63) is 33.4 Å². The molecule has 0 unspecified atom stereocenters. The Labute approximate surface area is 126 Å². The third-order valence-corrected chi connectivity index (χ3v) is 3.48. The van der Waals surface area contributed by atoms with E-state index < -0.39 is 12.2 Å². The van der Waals surface area contributed by atoms with E-state index in [9.17, 15) is 4.79 Å². The first-order valence-corrected chi connectivity index (χ1v) is 6.91. The third kappa shape index (κ3) is 4.96. The molecule has 0 aliphatic carbocycles. The molecule has 0 aromatic heterocycles. The number of benzene rings is 1. The van der Waals surface area contributed by atoms with E-state index in [4.69, 9.17) is 14.2 Å². The minimum absolute atomic E-state index is 0.136. The molecule has 0 aliphatic rings. The van der Waals surface area contributed by atoms with Crippen molar-refractivity contribution in [1.29, 1.82) is 0 Å². The van der Waals surface area contributed by atoms with Gasteiger partial charge in [-0.1, -0.05) is 18.2 Å². The van der Waals surface area contributed by atoms with Crippen LogP contribution >= 0.6 is 22.6 Å². The van der Waals surface area contributed by atoms with E-state index in [0.29, 0.717) is 0 Å². The largest absolute Gasteiger partial charge is 0.443 e. The number of alkyl carbamates (subject to hydrolysis) is 1. The van der Waals surface area contributed by atoms with Crippen molar-refractivity contribution in [3.63, 3.8) is 0 Å². The SMILES string of the molecule is CNC(=O)O[C@@H](C)[C@@H](OCOC)c1ccccc1I. The minimum atomic E-state index is -0.482. The Morgan fingerprint density at radius 3 is 2.68 bits per heavy atom. The summed E-state index contributed by atoms with van der Waals surface area (Å²) in [6.07, 6.45) is -1.28. The van der Waals surface area contributed by atoms with Crippen LogP contribution < -0.4 is 5.32 Å². The van der Waals surface area contributed by atoms with Gasteiger partial charge in [0.25, 0.3) is 0 Å². The van der Waals surface area contributed by atoms with Gasteiger partial charge < -0.3 is 19.5 Å². The fourth-order valence-electron chi connectivity index (χ4n) is 1.61. The lowest BCUT2D eigenvalue weighted by Crippen LogP contribution is -2.30. The first kappa shape index (κ1) is 16.2. The second-order valence-corrected chi connectivity index (χ2v) is 5.04. The van der Waals surface area contributed by atoms with Crippen molar-refractivity contribution >= 4 is 28.7 Å². The van der Waals surface area contributed by atoms with Crippen molar-refractivity contribution in [2.24, 2.45) is 0 Å². The van der Waals surface area contributed by atoms with Crippen molar-refractivity contribution in [1.82, 2.24) is 5.32 Å². The number of methoxy groups -OCH3 is 1. The van der Waals surface area contributed by atoms with Gasteiger partial charge >= 0.3 is 6.09 Å². The lowest BCUT2D eigenvalue weighted by Gasteiger charge is -2.25. The molecular formula is C13H18INO4. The second kappa shape index (κ2) is 8.34. The van der Waals surface area contributed by atoms with Crippen molar-refractivity contribution in [2.75, 3.05) is 21.0 Å². The molecule has 0 fully saturated rings. The number of carbonyl (C=O) groups excluding carboxylic acids is 1. The first-order valence-electron chi connectivity index (χ1n) is 5.83. The maximum atomic E-state index is 11.3. The molecule has 0 saturated heterocycles. The highest BCUT2D eigenvalue weighted by molar-refractivity contribution is 14.1. The van der Waals surface area contributed by atoms with Gasteiger partial charge in [-0.2, -0.15) is 0 Å². The number of hydrogen-bond acceptors (Lipinski definition) is 4. The molecule has 0 heterocycles. The van der Waals surface area contributed by atoms with Crippen LogP contribution in [0, 0.1) is 3.57 Å². The molecule has 106 valence electrons. The molecule has 6 heteroatoms. The lowest BCUT2D eigenvalue weighted by molar-refractivity contribution is -0.112. The quantitative estimate of drug-likeness (QED) is 0.610. The smallest absolute Gasteiger partial charge is 0.407 e. The number of ether oxygens (including phenoxy) is 3. The Morgan fingerprint density at radius 1 is 1.42 bits per heavy atom. The number of carbonyl (C=O) groups is 1. The van der Waals surface area contributed by atoms with Crippen LogP contribution in [-0.2, 0) is 14.2 Å². The predicted octanol–water partition coefficient (Wildman–Crippen LogP) is 2.70. The maximum absolute atomic E-state index is 11.3. The van der Waals surface area contributed by atoms with E-state index in [1.807, 2.05) is 24.3 Å². The zero-order valence-electron chi connectivity index (χ0n) is 11.2. The molecule has 0 aliphatic heterocycles. The monoisotopic (exact) mass is 379 g/mol. The highest BCUT2D eigenvalue weighted by atomic mass is 127. The van der Waals surface area contributed by atoms with Crippen LogP contribution in [0.2, 0.25) is 0 Å². The van der Waals surface area contributed by atoms with Crippen molar-refractivity contribution in [3.8, 4) is 0 Å². The van der Waals surface area contributed by atoms with E-state index in [1.54, 1.807) is 14.0 Å². The van der Waals surface area contributed by atoms with E-state index in [-0.39, 0.29) is 12.9 Å². The summed E-state index contributed by atoms with van der Waals surface area (Å²) in [7, 11) is 3.07. The zero-order valence-corrected chi connectivity index (χ0v) is 13.3. The van der Waals surface area contributed by atoms with Gasteiger partial charge in [-0.25, -0.2) is 4.79 Å². The van der Waals surface area contributed by atoms with Gasteiger partial charge in [0, 0.05) is 17.7 Å². The fraction of sp³-hybridized carbons (Fsp3) is 0.462. The van der Waals surface area contributed by atoms with Crippen LogP contribution in [0.25, 0.3) is 0 Å². The van der Waals surface area contributed by atoms with Gasteiger partial charge in [0.05, 0.1) is 0 Å². The molecular weight excluding hydrogens is 361 g/mol. The van der Waals surface area contributed by atoms with Gasteiger partial charge in [0.15, 0.2) is 0 Å². The summed E-state index contributed by atoms with van der Waals surface area (Å²) in [5.41, 5.74) is 0.969. The molecule has 0 bridgehead atoms. The topological polar surface area (TPSA) is 56.8 Å². The molecule has 5 nitrogen and oxygen atoms in total. The average molecular weight is 379 g/mol. The van der Waals surface area contributed by atoms with Crippen molar-refractivity contribution < 1.29 is 19.0 Å². The van der Waals surface area contributed by atoms with E-state index in [2.05, 4.69) is 27.9 Å². The molecule has 1 aromatic carbocycles. The lowest BCUT2D eigenvalue weighted by atomic mass is 10.1. The van der Waals surface area contributed by atoms with Crippen LogP contribution in [0.15, 0.2) is 24.3 Å². The summed E-state index contributed by atoms with van der Waals surface area (Å²) in [6.45, 7) is 1.93. The predicted molar refractivity (Wildman–Crippen MR) is 79.9 cm³/mol. The molecule has 0 saturated carbocycles. The summed E-state index contributed by atoms with van der Waals surface area (Å²) >= 11 is 2.23. The number of halogens is 1. The molecule has 0 spiro atoms. The summed E-state index contributed by atoms with van der Waals surface area (Å²) < 4.78 is 16.9. The Kier molecular flexibility index (Phi) is 7.11. The average Bonchev–Trinajstić information content (AvgIpc) is 2.40. The van der Waals surface area contributed by atoms with Gasteiger partial charge in [0.2, 0.25) is 0 Å². The summed E-state index contributed by atoms with van der Waals surface area (Å²) in [5, 5.41) is 2.42. The molecule has 1 rings (SSSR count). The number of rotatable bonds is 6. The molecule has 19 heavy (non-hydrogen) atoms. The highest BCUT2D eigenvalue weighted by Crippen LogP contribution is 2.27. The summed E-state index contributed by atoms with van der Waals surface area (Å²) in [5.74, 6) is 0. The van der Waals surface area contributed by atoms with E-state index in [1.165, 1.54) is 7.05 Å². The molecule has 1 N–H and O–H groups in total. The fourth-order valence-corrected chi connectivity index (χ4v) is 2.31. The number of nitrogens with one attached hydrogen (secondary N) is 1. The summed E-state index contributed by atoms with van der Waals surface area (Å²) in [4.78, 5) is 11.3. The second-order valence-electron chi connectivity index (χ2n) is 3.88. The maximum Gasteiger partial charge on any atom is 0.407 e. The standard InChI is InChI=1S/C13H18INO4/c1-9(19-13(16)15-2)12(18-8-17-3)10-6-4-5-7-11(10)14/h4-7,9,12H,8H2,1-3H3,(H,15,16)/t9-,12+/m0/s1. The van der Waals surface area contributed by atoms with Crippen LogP contribution in [0.3, 0.4) is 0 Å². The minimum Gasteiger partial charge on any atom is -0.443 e. The van der Waals surface area contributed by atoms with Crippen LogP contribution in [0.1, 0.15) is 18.6 Å². The van der Waals surface area contributed by atoms with E-state index in [0.717, 1.165) is 9.13 Å². The van der Waals surface area contributed by atoms with Gasteiger partial charge in [-0.05, 0) is 41.1 Å². The van der Waals surface area contributed by atoms with Crippen LogP contribution in [0.4, 0.5) is 4.79 Å². The Bertz CT molecular complexity index is 413. The molecule has 1 amide bonds. The Morgan fingerprint density at radius 2 is 2.11 bits per heavy atom.